The van der Waals surface area contributed by atoms with E-state index < -0.39 is 23.3 Å². The molecule has 0 saturated heterocycles. The van der Waals surface area contributed by atoms with Crippen LogP contribution in [-0.4, -0.2) is 41.3 Å². The van der Waals surface area contributed by atoms with Crippen LogP contribution in [0.15, 0.2) is 0 Å². The van der Waals surface area contributed by atoms with Crippen LogP contribution in [0, 0.1) is 5.41 Å². The van der Waals surface area contributed by atoms with E-state index in [1.165, 1.54) is 0 Å². The van der Waals surface area contributed by atoms with Crippen molar-refractivity contribution in [3.63, 3.8) is 0 Å². The Kier molecular flexibility index (Phi) is 5.24. The van der Waals surface area contributed by atoms with Crippen LogP contribution in [0.1, 0.15) is 20.3 Å². The van der Waals surface area contributed by atoms with E-state index in [0.29, 0.717) is 0 Å². The van der Waals surface area contributed by atoms with Crippen molar-refractivity contribution in [3.05, 3.63) is 0 Å². The first-order valence-electron chi connectivity index (χ1n) is 4.70. The van der Waals surface area contributed by atoms with Gasteiger partial charge in [-0.15, -0.1) is 0 Å². The number of aliphatic hydroxyl groups excluding tert-OH is 1. The minimum absolute atomic E-state index is 0.0122. The Morgan fingerprint density at radius 1 is 1.47 bits per heavy atom. The zero-order valence-corrected chi connectivity index (χ0v) is 8.99. The molecular formula is C9H18N2O4. The first-order valence-corrected chi connectivity index (χ1v) is 4.70. The molecule has 0 rings (SSSR count). The number of carboxylic acid groups (broad SMARTS) is 1. The molecule has 1 atom stereocenters. The lowest BCUT2D eigenvalue weighted by Crippen LogP contribution is -2.49. The van der Waals surface area contributed by atoms with Crippen LogP contribution in [-0.2, 0) is 9.59 Å². The van der Waals surface area contributed by atoms with Gasteiger partial charge < -0.3 is 21.3 Å². The van der Waals surface area contributed by atoms with Gasteiger partial charge >= 0.3 is 5.97 Å². The Balaban J connectivity index is 4.41. The highest BCUT2D eigenvalue weighted by molar-refractivity contribution is 5.87. The number of carbonyl (C=O) groups excluding carboxylic acids is 1. The lowest BCUT2D eigenvalue weighted by Gasteiger charge is -2.23. The summed E-state index contributed by atoms with van der Waals surface area (Å²) in [5.41, 5.74) is 4.57. The maximum absolute atomic E-state index is 11.5. The van der Waals surface area contributed by atoms with Crippen molar-refractivity contribution in [3.8, 4) is 0 Å². The van der Waals surface area contributed by atoms with E-state index in [2.05, 4.69) is 5.32 Å². The summed E-state index contributed by atoms with van der Waals surface area (Å²) in [6.07, 6.45) is -0.0122. The van der Waals surface area contributed by atoms with Crippen LogP contribution in [0.4, 0.5) is 0 Å². The second-order valence-electron chi connectivity index (χ2n) is 3.96. The third-order valence-electron chi connectivity index (χ3n) is 2.15. The molecule has 0 unspecified atom stereocenters. The van der Waals surface area contributed by atoms with Gasteiger partial charge in [0.1, 0.15) is 6.04 Å². The molecule has 15 heavy (non-hydrogen) atoms. The van der Waals surface area contributed by atoms with Crippen molar-refractivity contribution in [2.45, 2.75) is 26.3 Å². The summed E-state index contributed by atoms with van der Waals surface area (Å²) in [6, 6.07) is -1.06. The molecular weight excluding hydrogens is 200 g/mol. The molecule has 6 nitrogen and oxygen atoms in total. The number of rotatable bonds is 6. The molecule has 0 spiro atoms. The molecule has 0 aliphatic rings. The van der Waals surface area contributed by atoms with Crippen molar-refractivity contribution in [2.24, 2.45) is 11.1 Å². The summed E-state index contributed by atoms with van der Waals surface area (Å²) in [6.45, 7) is 3.09. The second kappa shape index (κ2) is 5.67. The van der Waals surface area contributed by atoms with Crippen LogP contribution < -0.4 is 11.1 Å². The quantitative estimate of drug-likeness (QED) is 0.453. The van der Waals surface area contributed by atoms with Crippen molar-refractivity contribution < 1.29 is 19.8 Å². The van der Waals surface area contributed by atoms with E-state index in [9.17, 15) is 9.59 Å². The fourth-order valence-electron chi connectivity index (χ4n) is 0.833. The van der Waals surface area contributed by atoms with E-state index in [1.807, 2.05) is 0 Å². The van der Waals surface area contributed by atoms with Crippen molar-refractivity contribution >= 4 is 11.9 Å². The average molecular weight is 218 g/mol. The molecule has 0 radical (unpaired) electrons. The third kappa shape index (κ3) is 4.26. The average Bonchev–Trinajstić information content (AvgIpc) is 2.16. The number of aliphatic carboxylic acids is 1. The number of aliphatic hydroxyl groups is 1. The smallest absolute Gasteiger partial charge is 0.326 e. The van der Waals surface area contributed by atoms with Crippen molar-refractivity contribution in [1.82, 2.24) is 5.32 Å². The Morgan fingerprint density at radius 2 is 2.00 bits per heavy atom. The molecule has 0 saturated carbocycles. The fraction of sp³-hybridized carbons (Fsp3) is 0.778. The van der Waals surface area contributed by atoms with E-state index in [-0.39, 0.29) is 19.6 Å². The lowest BCUT2D eigenvalue weighted by atomic mass is 9.92. The number of hydrogen-bond donors (Lipinski definition) is 4. The van der Waals surface area contributed by atoms with Crippen LogP contribution >= 0.6 is 0 Å². The number of nitrogens with two attached hydrogens (primary N) is 1. The molecule has 0 aliphatic carbocycles. The van der Waals surface area contributed by atoms with E-state index in [4.69, 9.17) is 15.9 Å². The second-order valence-corrected chi connectivity index (χ2v) is 3.96. The molecule has 6 heteroatoms. The van der Waals surface area contributed by atoms with Crippen molar-refractivity contribution in [2.75, 3.05) is 13.2 Å². The monoisotopic (exact) mass is 218 g/mol. The third-order valence-corrected chi connectivity index (χ3v) is 2.15. The Morgan fingerprint density at radius 3 is 2.33 bits per heavy atom. The van der Waals surface area contributed by atoms with E-state index in [1.54, 1.807) is 13.8 Å². The van der Waals surface area contributed by atoms with Gasteiger partial charge in [-0.1, -0.05) is 0 Å². The molecule has 88 valence electrons. The summed E-state index contributed by atoms with van der Waals surface area (Å²) < 4.78 is 0. The Hall–Kier alpha value is -1.14. The highest BCUT2D eigenvalue weighted by Gasteiger charge is 2.29. The standard InChI is InChI=1S/C9H18N2O4/c1-9(2,5-10)8(15)11-6(3-4-12)7(13)14/h6,12H,3-5,10H2,1-2H3,(H,11,15)(H,13,14)/t6-/m1/s1. The van der Waals surface area contributed by atoms with Gasteiger partial charge in [-0.3, -0.25) is 4.79 Å². The predicted molar refractivity (Wildman–Crippen MR) is 54.1 cm³/mol. The lowest BCUT2D eigenvalue weighted by molar-refractivity contribution is -0.143. The van der Waals surface area contributed by atoms with Gasteiger partial charge in [0.15, 0.2) is 0 Å². The minimum atomic E-state index is -1.16. The van der Waals surface area contributed by atoms with E-state index >= 15 is 0 Å². The first-order chi connectivity index (χ1) is 6.85. The molecule has 0 heterocycles. The van der Waals surface area contributed by atoms with Gasteiger partial charge in [-0.25, -0.2) is 4.79 Å². The summed E-state index contributed by atoms with van der Waals surface area (Å²) in [5, 5.41) is 19.7. The van der Waals surface area contributed by atoms with Gasteiger partial charge in [-0.05, 0) is 13.8 Å². The molecule has 1 amide bonds. The molecule has 0 bridgehead atoms. The molecule has 0 fully saturated rings. The van der Waals surface area contributed by atoms with Crippen LogP contribution in [0.5, 0.6) is 0 Å². The van der Waals surface area contributed by atoms with Crippen LogP contribution in [0.25, 0.3) is 0 Å². The number of carboxylic acids is 1. The summed E-state index contributed by atoms with van der Waals surface area (Å²) in [4.78, 5) is 22.2. The van der Waals surface area contributed by atoms with Crippen LogP contribution in [0.3, 0.4) is 0 Å². The van der Waals surface area contributed by atoms with Gasteiger partial charge in [0.2, 0.25) is 5.91 Å². The number of nitrogens with one attached hydrogen (secondary N) is 1. The van der Waals surface area contributed by atoms with Gasteiger partial charge in [0, 0.05) is 19.6 Å². The first kappa shape index (κ1) is 13.9. The number of hydrogen-bond acceptors (Lipinski definition) is 4. The Bertz CT molecular complexity index is 240. The molecule has 0 aromatic carbocycles. The zero-order valence-electron chi connectivity index (χ0n) is 8.99. The van der Waals surface area contributed by atoms with Gasteiger partial charge in [0.05, 0.1) is 5.41 Å². The Labute approximate surface area is 88.5 Å². The highest BCUT2D eigenvalue weighted by atomic mass is 16.4. The molecule has 5 N–H and O–H groups in total. The number of carbonyl (C=O) groups is 2. The van der Waals surface area contributed by atoms with Gasteiger partial charge in [-0.2, -0.15) is 0 Å². The maximum atomic E-state index is 11.5. The molecule has 0 aromatic rings. The summed E-state index contributed by atoms with van der Waals surface area (Å²) >= 11 is 0. The van der Waals surface area contributed by atoms with E-state index in [0.717, 1.165) is 0 Å². The minimum Gasteiger partial charge on any atom is -0.480 e. The van der Waals surface area contributed by atoms with Crippen molar-refractivity contribution in [1.29, 1.82) is 0 Å². The predicted octanol–water partition coefficient (Wildman–Crippen LogP) is -1.08. The normalized spacial score (nSPS) is 13.3. The number of amides is 1. The van der Waals surface area contributed by atoms with Gasteiger partial charge in [0.25, 0.3) is 0 Å². The maximum Gasteiger partial charge on any atom is 0.326 e. The highest BCUT2D eigenvalue weighted by Crippen LogP contribution is 2.12. The molecule has 0 aliphatic heterocycles. The topological polar surface area (TPSA) is 113 Å². The summed E-state index contributed by atoms with van der Waals surface area (Å²) in [5.74, 6) is -1.59. The fourth-order valence-corrected chi connectivity index (χ4v) is 0.833. The zero-order chi connectivity index (χ0) is 12.1. The SMILES string of the molecule is CC(C)(CN)C(=O)N[C@H](CCO)C(=O)O. The summed E-state index contributed by atoms with van der Waals surface area (Å²) in [7, 11) is 0. The van der Waals surface area contributed by atoms with Crippen LogP contribution in [0.2, 0.25) is 0 Å². The molecule has 0 aromatic heterocycles. The largest absolute Gasteiger partial charge is 0.480 e.